The van der Waals surface area contributed by atoms with Crippen LogP contribution in [0.2, 0.25) is 0 Å². The molecule has 0 fully saturated rings. The lowest BCUT2D eigenvalue weighted by atomic mass is 10.1. The molecular formula is C57H83ClN8O12. The minimum Gasteiger partial charge on any atom is -0.508 e. The summed E-state index contributed by atoms with van der Waals surface area (Å²) in [6.45, 7) is 22.1. The smallest absolute Gasteiger partial charge is 0.508 e. The SMILES string of the molecule is CC(c1cccc(O)c1)N(C)C.CC(c1cccc(OC(=O)Oc2ccc([N+](=O)[O-])cc2)c1)N(C)C.CCN(C)C(=O)Oc1cccc(C(C)N(C)C)c1.CCN(CC)CC.CCNC.O=C(Cl)Oc1ccc([N+](=O)[O-])cc1. The molecule has 0 heterocycles. The fourth-order valence-electron chi connectivity index (χ4n) is 5.91. The van der Waals surface area contributed by atoms with Crippen LogP contribution in [-0.2, 0) is 0 Å². The number of non-ortho nitro benzene ring substituents is 2. The molecule has 0 bridgehead atoms. The minimum absolute atomic E-state index is 0.0747. The molecule has 5 aromatic carbocycles. The van der Waals surface area contributed by atoms with E-state index in [2.05, 4.69) is 66.3 Å². The van der Waals surface area contributed by atoms with E-state index in [0.717, 1.165) is 23.2 Å². The number of phenols is 1. The van der Waals surface area contributed by atoms with E-state index in [1.54, 1.807) is 43.4 Å². The lowest BCUT2D eigenvalue weighted by Crippen LogP contribution is -2.29. The van der Waals surface area contributed by atoms with Crippen molar-refractivity contribution < 1.29 is 48.3 Å². The molecule has 0 radical (unpaired) electrons. The highest BCUT2D eigenvalue weighted by molar-refractivity contribution is 6.61. The Morgan fingerprint density at radius 3 is 1.19 bits per heavy atom. The molecule has 430 valence electrons. The van der Waals surface area contributed by atoms with Gasteiger partial charge in [-0.3, -0.25) is 20.2 Å². The van der Waals surface area contributed by atoms with Crippen molar-refractivity contribution in [2.75, 3.05) is 89.1 Å². The van der Waals surface area contributed by atoms with E-state index in [1.165, 1.54) is 73.1 Å². The number of phenolic OH excluding ortho intramolecular Hbond substituents is 1. The van der Waals surface area contributed by atoms with Gasteiger partial charge in [0.05, 0.1) is 9.85 Å². The van der Waals surface area contributed by atoms with E-state index in [9.17, 15) is 39.7 Å². The highest BCUT2D eigenvalue weighted by Crippen LogP contribution is 2.25. The molecule has 0 aliphatic carbocycles. The summed E-state index contributed by atoms with van der Waals surface area (Å²) in [6, 6.07) is 33.2. The molecule has 3 atom stereocenters. The summed E-state index contributed by atoms with van der Waals surface area (Å²) in [5, 5.41) is 32.9. The third-order valence-electron chi connectivity index (χ3n) is 11.7. The Balaban J connectivity index is 0.000000978. The van der Waals surface area contributed by atoms with Gasteiger partial charge in [-0.1, -0.05) is 64.1 Å². The van der Waals surface area contributed by atoms with Crippen molar-refractivity contribution in [2.45, 2.75) is 73.5 Å². The molecule has 0 aromatic heterocycles. The summed E-state index contributed by atoms with van der Waals surface area (Å²) < 4.78 is 19.9. The third-order valence-corrected chi connectivity index (χ3v) is 11.8. The highest BCUT2D eigenvalue weighted by atomic mass is 35.5. The summed E-state index contributed by atoms with van der Waals surface area (Å²) in [5.74, 6) is 1.63. The number of nitro benzene ring substituents is 2. The van der Waals surface area contributed by atoms with Gasteiger partial charge < -0.3 is 53.9 Å². The first kappa shape index (κ1) is 70.8. The number of carbonyl (C=O) groups excluding carboxylic acids is 3. The number of halogens is 1. The van der Waals surface area contributed by atoms with Crippen LogP contribution in [0.3, 0.4) is 0 Å². The minimum atomic E-state index is -0.978. The number of nitro groups is 2. The molecule has 1 amide bonds. The van der Waals surface area contributed by atoms with E-state index in [4.69, 9.17) is 25.8 Å². The number of amides is 1. The summed E-state index contributed by atoms with van der Waals surface area (Å²) >= 11 is 4.92. The van der Waals surface area contributed by atoms with E-state index >= 15 is 0 Å². The molecular weight excluding hydrogens is 1020 g/mol. The second-order valence-corrected chi connectivity index (χ2v) is 18.0. The van der Waals surface area contributed by atoms with Crippen LogP contribution in [-0.4, -0.2) is 146 Å². The topological polar surface area (TPSA) is 223 Å². The maximum atomic E-state index is 11.8. The Kier molecular flexibility index (Phi) is 35.6. The first-order chi connectivity index (χ1) is 36.8. The van der Waals surface area contributed by atoms with E-state index < -0.39 is 21.4 Å². The van der Waals surface area contributed by atoms with Crippen LogP contribution in [0.25, 0.3) is 0 Å². The predicted molar refractivity (Wildman–Crippen MR) is 309 cm³/mol. The normalized spacial score (nSPS) is 11.4. The quantitative estimate of drug-likeness (QED) is 0.0290. The maximum absolute atomic E-state index is 11.8. The van der Waals surface area contributed by atoms with Gasteiger partial charge in [-0.05, 0) is 181 Å². The largest absolute Gasteiger partial charge is 0.519 e. The average molecular weight is 1110 g/mol. The van der Waals surface area contributed by atoms with Gasteiger partial charge in [0.25, 0.3) is 11.4 Å². The van der Waals surface area contributed by atoms with Crippen LogP contribution in [0, 0.1) is 20.2 Å². The molecule has 78 heavy (non-hydrogen) atoms. The van der Waals surface area contributed by atoms with Gasteiger partial charge in [-0.15, -0.1) is 0 Å². The van der Waals surface area contributed by atoms with Gasteiger partial charge in [-0.25, -0.2) is 14.4 Å². The molecule has 0 aliphatic heterocycles. The number of benzene rings is 5. The number of hydrogen-bond donors (Lipinski definition) is 2. The summed E-state index contributed by atoms with van der Waals surface area (Å²) in [4.78, 5) is 63.6. The van der Waals surface area contributed by atoms with Crippen molar-refractivity contribution in [1.82, 2.24) is 29.8 Å². The molecule has 2 N–H and O–H groups in total. The molecule has 20 nitrogen and oxygen atoms in total. The van der Waals surface area contributed by atoms with Gasteiger partial charge in [-0.2, -0.15) is 0 Å². The van der Waals surface area contributed by atoms with Crippen molar-refractivity contribution in [2.24, 2.45) is 0 Å². The van der Waals surface area contributed by atoms with Gasteiger partial charge in [0, 0.05) is 67.6 Å². The second kappa shape index (κ2) is 39.2. The highest BCUT2D eigenvalue weighted by Gasteiger charge is 2.15. The van der Waals surface area contributed by atoms with Crippen LogP contribution in [0.15, 0.2) is 121 Å². The van der Waals surface area contributed by atoms with Crippen LogP contribution < -0.4 is 24.3 Å². The Bertz CT molecular complexity index is 2510. The predicted octanol–water partition coefficient (Wildman–Crippen LogP) is 12.5. The van der Waals surface area contributed by atoms with E-state index in [-0.39, 0.29) is 41.1 Å². The third kappa shape index (κ3) is 29.4. The summed E-state index contributed by atoms with van der Waals surface area (Å²) in [5.41, 5.74) is 2.13. The zero-order valence-electron chi connectivity index (χ0n) is 48.3. The van der Waals surface area contributed by atoms with Gasteiger partial charge in [0.15, 0.2) is 0 Å². The summed E-state index contributed by atoms with van der Waals surface area (Å²) in [6.07, 6.45) is -1.23. The zero-order valence-corrected chi connectivity index (χ0v) is 49.0. The fraction of sp³-hybridized carbons (Fsp3) is 0.421. The van der Waals surface area contributed by atoms with Gasteiger partial charge in [0.2, 0.25) is 0 Å². The van der Waals surface area contributed by atoms with Crippen LogP contribution in [0.1, 0.15) is 90.2 Å². The Labute approximate surface area is 466 Å². The Hall–Kier alpha value is -7.20. The maximum Gasteiger partial charge on any atom is 0.519 e. The van der Waals surface area contributed by atoms with Crippen molar-refractivity contribution in [3.63, 3.8) is 0 Å². The Morgan fingerprint density at radius 2 is 0.885 bits per heavy atom. The number of aromatic hydroxyl groups is 1. The molecule has 0 spiro atoms. The second-order valence-electron chi connectivity index (χ2n) is 17.7. The number of ether oxygens (including phenoxy) is 4. The molecule has 21 heteroatoms. The molecule has 0 aliphatic rings. The monoisotopic (exact) mass is 1110 g/mol. The van der Waals surface area contributed by atoms with E-state index in [0.29, 0.717) is 29.8 Å². The van der Waals surface area contributed by atoms with Crippen LogP contribution in [0.4, 0.5) is 25.8 Å². The average Bonchev–Trinajstić information content (AvgIpc) is 3.41. The lowest BCUT2D eigenvalue weighted by molar-refractivity contribution is -0.385. The van der Waals surface area contributed by atoms with Crippen LogP contribution in [0.5, 0.6) is 28.7 Å². The Morgan fingerprint density at radius 1 is 0.538 bits per heavy atom. The molecule has 5 rings (SSSR count). The molecule has 3 unspecified atom stereocenters. The molecule has 0 saturated carbocycles. The number of nitrogens with zero attached hydrogens (tertiary/aromatic N) is 7. The standard InChI is InChI=1S/C17H18N2O5.C14H22N2O2.C10H15NO.C7H4ClNO4.C6H15N.C3H9N/c1-12(18(2)3)13-5-4-6-16(11-13)24-17(20)23-15-9-7-14(8-10-15)19(21)22;1-6-16(5)14(17)18-13-9-7-8-12(10-13)11(2)15(3)4;1-8(11(2)3)9-5-4-6-10(12)7-9;8-7(10)13-6-3-1-5(2-4-6)9(11)12;1-4-7(5-2)6-3;1-3-4-2/h4-12H,1-3H3;7-11H,6H2,1-5H3;4-8,12H,1-3H3;1-4H;4-6H2,1-3H3;4H,3H2,1-2H3. The molecule has 5 aromatic rings. The first-order valence-corrected chi connectivity index (χ1v) is 25.7. The van der Waals surface area contributed by atoms with Gasteiger partial charge >= 0.3 is 17.7 Å². The van der Waals surface area contributed by atoms with Crippen molar-refractivity contribution >= 4 is 40.7 Å². The summed E-state index contributed by atoms with van der Waals surface area (Å²) in [7, 11) is 15.7. The van der Waals surface area contributed by atoms with Crippen molar-refractivity contribution in [3.8, 4) is 28.7 Å². The number of carbonyl (C=O) groups is 3. The number of hydrogen-bond acceptors (Lipinski definition) is 17. The van der Waals surface area contributed by atoms with Gasteiger partial charge in [0.1, 0.15) is 28.7 Å². The number of nitrogens with one attached hydrogen (secondary N) is 1. The zero-order chi connectivity index (χ0) is 59.5. The first-order valence-electron chi connectivity index (χ1n) is 25.3. The van der Waals surface area contributed by atoms with Crippen LogP contribution >= 0.6 is 11.6 Å². The fourth-order valence-corrected chi connectivity index (χ4v) is 6.00. The van der Waals surface area contributed by atoms with Crippen molar-refractivity contribution in [3.05, 3.63) is 158 Å². The van der Waals surface area contributed by atoms with E-state index in [1.807, 2.05) is 104 Å². The van der Waals surface area contributed by atoms with Crippen molar-refractivity contribution in [1.29, 1.82) is 0 Å². The lowest BCUT2D eigenvalue weighted by Gasteiger charge is -2.21. The molecule has 0 saturated heterocycles. The number of rotatable bonds is 17.